The van der Waals surface area contributed by atoms with Crippen molar-refractivity contribution < 1.29 is 13.2 Å². The van der Waals surface area contributed by atoms with Crippen LogP contribution >= 0.6 is 0 Å². The van der Waals surface area contributed by atoms with E-state index in [1.54, 1.807) is 36.4 Å². The van der Waals surface area contributed by atoms with Crippen LogP contribution in [-0.4, -0.2) is 20.9 Å². The first-order valence-corrected chi connectivity index (χ1v) is 15.2. The fourth-order valence-corrected chi connectivity index (χ4v) is 9.05. The minimum absolute atomic E-state index is 0.158. The molecule has 1 N–H and O–H groups in total. The van der Waals surface area contributed by atoms with Gasteiger partial charge in [-0.1, -0.05) is 36.4 Å². The van der Waals surface area contributed by atoms with E-state index in [1.165, 1.54) is 48.4 Å². The van der Waals surface area contributed by atoms with Gasteiger partial charge in [0.15, 0.2) is 0 Å². The molecule has 0 aromatic heterocycles. The Bertz CT molecular complexity index is 1410. The number of benzene rings is 3. The molecular weight excluding hydrogens is 492 g/mol. The normalized spacial score (nSPS) is 25.8. The number of anilines is 2. The van der Waals surface area contributed by atoms with Crippen molar-refractivity contribution in [1.82, 2.24) is 0 Å². The van der Waals surface area contributed by atoms with Crippen LogP contribution in [0.25, 0.3) is 0 Å². The molecule has 4 aliphatic rings. The molecule has 5 nitrogen and oxygen atoms in total. The number of aryl methyl sites for hydroxylation is 2. The van der Waals surface area contributed by atoms with Crippen LogP contribution in [-0.2, 0) is 20.2 Å². The lowest BCUT2D eigenvalue weighted by Crippen LogP contribution is -2.48. The molecule has 38 heavy (non-hydrogen) atoms. The predicted molar refractivity (Wildman–Crippen MR) is 152 cm³/mol. The molecular formula is C32H36N2O3S. The number of nitrogens with one attached hydrogen (secondary N) is 1. The number of hydrogen-bond donors (Lipinski definition) is 1. The van der Waals surface area contributed by atoms with Crippen molar-refractivity contribution in [3.63, 3.8) is 0 Å². The molecule has 0 saturated heterocycles. The Morgan fingerprint density at radius 2 is 1.45 bits per heavy atom. The van der Waals surface area contributed by atoms with E-state index in [2.05, 4.69) is 17.4 Å². The first-order chi connectivity index (χ1) is 18.2. The fourth-order valence-electron chi connectivity index (χ4n) is 7.62. The van der Waals surface area contributed by atoms with Gasteiger partial charge in [0.1, 0.15) is 6.54 Å². The fraction of sp³-hybridized carbons (Fsp3) is 0.406. The van der Waals surface area contributed by atoms with Crippen LogP contribution in [0.3, 0.4) is 0 Å². The lowest BCUT2D eigenvalue weighted by molar-refractivity contribution is -0.114. The Morgan fingerprint density at radius 1 is 0.842 bits per heavy atom. The van der Waals surface area contributed by atoms with E-state index in [0.29, 0.717) is 16.8 Å². The third-order valence-electron chi connectivity index (χ3n) is 9.22. The third-order valence-corrected chi connectivity index (χ3v) is 11.0. The van der Waals surface area contributed by atoms with Gasteiger partial charge < -0.3 is 5.32 Å². The lowest BCUT2D eigenvalue weighted by atomic mass is 9.48. The van der Waals surface area contributed by atoms with Crippen molar-refractivity contribution >= 4 is 27.3 Å². The zero-order chi connectivity index (χ0) is 26.5. The summed E-state index contributed by atoms with van der Waals surface area (Å²) in [6, 6.07) is 22.1. The van der Waals surface area contributed by atoms with Gasteiger partial charge in [0.2, 0.25) is 5.91 Å². The third kappa shape index (κ3) is 4.64. The second-order valence-electron chi connectivity index (χ2n) is 11.9. The Labute approximate surface area is 226 Å². The highest BCUT2D eigenvalue weighted by atomic mass is 32.2. The molecule has 0 heterocycles. The van der Waals surface area contributed by atoms with Gasteiger partial charge in [0.05, 0.1) is 10.6 Å². The Balaban J connectivity index is 1.22. The van der Waals surface area contributed by atoms with E-state index < -0.39 is 10.0 Å². The molecule has 6 heteroatoms. The van der Waals surface area contributed by atoms with Crippen LogP contribution in [0.15, 0.2) is 77.7 Å². The number of hydrogen-bond acceptors (Lipinski definition) is 3. The average molecular weight is 529 g/mol. The highest BCUT2D eigenvalue weighted by molar-refractivity contribution is 7.92. The van der Waals surface area contributed by atoms with Crippen LogP contribution in [0.4, 0.5) is 11.4 Å². The van der Waals surface area contributed by atoms with Gasteiger partial charge in [0, 0.05) is 5.69 Å². The topological polar surface area (TPSA) is 66.5 Å². The molecule has 7 rings (SSSR count). The predicted octanol–water partition coefficient (Wildman–Crippen LogP) is 6.61. The summed E-state index contributed by atoms with van der Waals surface area (Å²) < 4.78 is 28.4. The number of carbonyl (C=O) groups is 1. The number of carbonyl (C=O) groups excluding carboxylic acids is 1. The van der Waals surface area contributed by atoms with Crippen molar-refractivity contribution in [1.29, 1.82) is 0 Å². The Kier molecular flexibility index (Phi) is 6.34. The largest absolute Gasteiger partial charge is 0.325 e. The summed E-state index contributed by atoms with van der Waals surface area (Å²) >= 11 is 0. The van der Waals surface area contributed by atoms with Gasteiger partial charge in [-0.3, -0.25) is 9.10 Å². The summed E-state index contributed by atoms with van der Waals surface area (Å²) in [7, 11) is -3.93. The van der Waals surface area contributed by atoms with Crippen molar-refractivity contribution in [3.05, 3.63) is 89.5 Å². The molecule has 3 aromatic carbocycles. The van der Waals surface area contributed by atoms with Crippen LogP contribution < -0.4 is 9.62 Å². The second-order valence-corrected chi connectivity index (χ2v) is 13.8. The number of rotatable bonds is 7. The molecule has 198 valence electrons. The molecule has 3 aromatic rings. The highest BCUT2D eigenvalue weighted by Crippen LogP contribution is 2.60. The van der Waals surface area contributed by atoms with E-state index in [0.717, 1.165) is 28.9 Å². The zero-order valence-electron chi connectivity index (χ0n) is 22.2. The van der Waals surface area contributed by atoms with E-state index in [4.69, 9.17) is 0 Å². The molecule has 0 spiro atoms. The van der Waals surface area contributed by atoms with Gasteiger partial charge in [0.25, 0.3) is 10.0 Å². The Hall–Kier alpha value is -3.12. The summed E-state index contributed by atoms with van der Waals surface area (Å²) in [5, 5.41) is 2.95. The van der Waals surface area contributed by atoms with Gasteiger partial charge >= 0.3 is 0 Å². The van der Waals surface area contributed by atoms with Gasteiger partial charge in [-0.15, -0.1) is 0 Å². The lowest BCUT2D eigenvalue weighted by Gasteiger charge is -2.57. The van der Waals surface area contributed by atoms with Crippen molar-refractivity contribution in [3.8, 4) is 0 Å². The Morgan fingerprint density at radius 3 is 2.03 bits per heavy atom. The van der Waals surface area contributed by atoms with Crippen molar-refractivity contribution in [2.24, 2.45) is 17.8 Å². The molecule has 0 unspecified atom stereocenters. The molecule has 4 saturated carbocycles. The molecule has 1 amide bonds. The highest BCUT2D eigenvalue weighted by Gasteiger charge is 2.51. The van der Waals surface area contributed by atoms with Gasteiger partial charge in [-0.25, -0.2) is 8.42 Å². The maximum absolute atomic E-state index is 13.6. The monoisotopic (exact) mass is 528 g/mol. The SMILES string of the molecule is Cc1ccc(N(CC(=O)Nc2ccc(C34CC5CC(CC(C5)C3)C4)cc2)S(=O)(=O)c2ccccc2)cc1C. The maximum Gasteiger partial charge on any atom is 0.264 e. The summed E-state index contributed by atoms with van der Waals surface area (Å²) in [5.41, 5.74) is 4.91. The van der Waals surface area contributed by atoms with Crippen LogP contribution in [0.2, 0.25) is 0 Å². The van der Waals surface area contributed by atoms with E-state index in [-0.39, 0.29) is 17.3 Å². The van der Waals surface area contributed by atoms with Crippen LogP contribution in [0.5, 0.6) is 0 Å². The average Bonchev–Trinajstić information content (AvgIpc) is 2.89. The molecule has 0 atom stereocenters. The van der Waals surface area contributed by atoms with Gasteiger partial charge in [-0.2, -0.15) is 0 Å². The summed E-state index contributed by atoms with van der Waals surface area (Å²) in [6.45, 7) is 3.61. The smallest absolute Gasteiger partial charge is 0.264 e. The second kappa shape index (κ2) is 9.57. The van der Waals surface area contributed by atoms with E-state index >= 15 is 0 Å². The van der Waals surface area contributed by atoms with Crippen LogP contribution in [0.1, 0.15) is 55.2 Å². The molecule has 0 aliphatic heterocycles. The quantitative estimate of drug-likeness (QED) is 0.375. The van der Waals surface area contributed by atoms with Gasteiger partial charge in [-0.05, 0) is 129 Å². The molecule has 0 radical (unpaired) electrons. The summed E-state index contributed by atoms with van der Waals surface area (Å²) in [5.74, 6) is 2.26. The van der Waals surface area contributed by atoms with E-state index in [9.17, 15) is 13.2 Å². The van der Waals surface area contributed by atoms with Crippen molar-refractivity contribution in [2.75, 3.05) is 16.2 Å². The minimum Gasteiger partial charge on any atom is -0.325 e. The number of amides is 1. The first-order valence-electron chi connectivity index (χ1n) is 13.8. The first kappa shape index (κ1) is 25.2. The summed E-state index contributed by atoms with van der Waals surface area (Å²) in [6.07, 6.45) is 8.13. The number of sulfonamides is 1. The van der Waals surface area contributed by atoms with Crippen LogP contribution in [0, 0.1) is 31.6 Å². The van der Waals surface area contributed by atoms with E-state index in [1.807, 2.05) is 38.1 Å². The summed E-state index contributed by atoms with van der Waals surface area (Å²) in [4.78, 5) is 13.4. The zero-order valence-corrected chi connectivity index (χ0v) is 23.0. The number of nitrogens with zero attached hydrogens (tertiary/aromatic N) is 1. The maximum atomic E-state index is 13.6. The molecule has 4 fully saturated rings. The molecule has 4 aliphatic carbocycles. The molecule has 4 bridgehead atoms. The minimum atomic E-state index is -3.93. The van der Waals surface area contributed by atoms with Crippen molar-refractivity contribution in [2.45, 2.75) is 62.7 Å². The standard InChI is InChI=1S/C32H36N2O3S/c1-22-8-13-29(14-23(22)2)34(38(36,37)30-6-4-3-5-7-30)21-31(35)33-28-11-9-27(10-12-28)32-18-24-15-25(19-32)17-26(16-24)20-32/h3-14,24-26H,15-21H2,1-2H3,(H,33,35).